The van der Waals surface area contributed by atoms with Crippen molar-refractivity contribution in [3.8, 4) is 0 Å². The number of sulfonamides is 1. The van der Waals surface area contributed by atoms with Gasteiger partial charge < -0.3 is 9.80 Å². The fourth-order valence-corrected chi connectivity index (χ4v) is 3.72. The standard InChI is InChI=1S/C18H24ClN3O2S/c1-21(2)16-9-5-14(6-10-16)18(22(3)4)13-20-25(23,24)17-11-7-15(19)8-12-17/h5-12,18,20H,13H2,1-4H3/p+1/t18-/m0/s1. The third-order valence-corrected chi connectivity index (χ3v) is 5.80. The molecule has 0 aliphatic heterocycles. The van der Waals surface area contributed by atoms with Crippen molar-refractivity contribution in [3.63, 3.8) is 0 Å². The van der Waals surface area contributed by atoms with Crippen LogP contribution in [0.5, 0.6) is 0 Å². The Labute approximate surface area is 155 Å². The molecular formula is C18H25ClN3O2S+. The minimum atomic E-state index is -3.57. The molecule has 2 N–H and O–H groups in total. The van der Waals surface area contributed by atoms with Crippen molar-refractivity contribution in [2.24, 2.45) is 0 Å². The number of hydrogen-bond donors (Lipinski definition) is 2. The van der Waals surface area contributed by atoms with Crippen LogP contribution >= 0.6 is 11.6 Å². The zero-order valence-electron chi connectivity index (χ0n) is 15.0. The average molecular weight is 383 g/mol. The Kier molecular flexibility index (Phi) is 6.46. The predicted molar refractivity (Wildman–Crippen MR) is 103 cm³/mol. The molecule has 0 fully saturated rings. The van der Waals surface area contributed by atoms with Gasteiger partial charge in [-0.05, 0) is 36.4 Å². The molecule has 2 aromatic rings. The van der Waals surface area contributed by atoms with Gasteiger partial charge in [0.1, 0.15) is 6.04 Å². The highest BCUT2D eigenvalue weighted by Gasteiger charge is 2.22. The fraction of sp³-hybridized carbons (Fsp3) is 0.333. The normalized spacial score (nSPS) is 13.0. The van der Waals surface area contributed by atoms with Crippen LogP contribution in [0.15, 0.2) is 53.4 Å². The fourth-order valence-electron chi connectivity index (χ4n) is 2.55. The molecule has 2 aromatic carbocycles. The maximum absolute atomic E-state index is 12.5. The van der Waals surface area contributed by atoms with E-state index in [1.165, 1.54) is 12.1 Å². The van der Waals surface area contributed by atoms with Gasteiger partial charge in [-0.3, -0.25) is 0 Å². The summed E-state index contributed by atoms with van der Waals surface area (Å²) in [4.78, 5) is 3.40. The molecule has 0 aliphatic rings. The monoisotopic (exact) mass is 382 g/mol. The van der Waals surface area contributed by atoms with Crippen molar-refractivity contribution < 1.29 is 13.3 Å². The molecule has 0 heterocycles. The second kappa shape index (κ2) is 8.19. The smallest absolute Gasteiger partial charge is 0.240 e. The Balaban J connectivity index is 2.15. The van der Waals surface area contributed by atoms with Gasteiger partial charge in [-0.1, -0.05) is 23.7 Å². The van der Waals surface area contributed by atoms with E-state index in [4.69, 9.17) is 11.6 Å². The van der Waals surface area contributed by atoms with E-state index >= 15 is 0 Å². The largest absolute Gasteiger partial charge is 0.378 e. The first-order valence-corrected chi connectivity index (χ1v) is 9.89. The van der Waals surface area contributed by atoms with Gasteiger partial charge in [0.25, 0.3) is 0 Å². The summed E-state index contributed by atoms with van der Waals surface area (Å²) in [5, 5.41) is 0.510. The molecule has 0 spiro atoms. The second-order valence-electron chi connectivity index (χ2n) is 6.42. The Bertz CT molecular complexity index is 788. The van der Waals surface area contributed by atoms with Gasteiger partial charge >= 0.3 is 0 Å². The van der Waals surface area contributed by atoms with Gasteiger partial charge in [0.15, 0.2) is 0 Å². The molecular weight excluding hydrogens is 358 g/mol. The van der Waals surface area contributed by atoms with Crippen molar-refractivity contribution in [3.05, 3.63) is 59.1 Å². The summed E-state index contributed by atoms with van der Waals surface area (Å²) in [5.74, 6) is 0. The highest BCUT2D eigenvalue weighted by molar-refractivity contribution is 7.89. The predicted octanol–water partition coefficient (Wildman–Crippen LogP) is 1.57. The van der Waals surface area contributed by atoms with Crippen molar-refractivity contribution in [2.75, 3.05) is 39.6 Å². The molecule has 0 amide bonds. The Morgan fingerprint density at radius 2 is 1.60 bits per heavy atom. The topological polar surface area (TPSA) is 53.9 Å². The van der Waals surface area contributed by atoms with Gasteiger partial charge in [0.05, 0.1) is 25.5 Å². The second-order valence-corrected chi connectivity index (χ2v) is 8.63. The van der Waals surface area contributed by atoms with E-state index in [-0.39, 0.29) is 10.9 Å². The number of halogens is 1. The lowest BCUT2D eigenvalue weighted by Gasteiger charge is -2.23. The Morgan fingerprint density at radius 3 is 2.08 bits per heavy atom. The maximum atomic E-state index is 12.5. The van der Waals surface area contributed by atoms with Crippen LogP contribution in [0.1, 0.15) is 11.6 Å². The quantitative estimate of drug-likeness (QED) is 0.764. The van der Waals surface area contributed by atoms with Gasteiger partial charge in [-0.2, -0.15) is 0 Å². The van der Waals surface area contributed by atoms with Crippen LogP contribution < -0.4 is 14.5 Å². The molecule has 0 aliphatic carbocycles. The third-order valence-electron chi connectivity index (χ3n) is 4.11. The van der Waals surface area contributed by atoms with Crippen LogP contribution in [-0.2, 0) is 10.0 Å². The summed E-state index contributed by atoms with van der Waals surface area (Å²) in [6.07, 6.45) is 0. The lowest BCUT2D eigenvalue weighted by atomic mass is 10.1. The van der Waals surface area contributed by atoms with Crippen LogP contribution in [0.25, 0.3) is 0 Å². The lowest BCUT2D eigenvalue weighted by molar-refractivity contribution is -0.890. The highest BCUT2D eigenvalue weighted by atomic mass is 35.5. The first-order chi connectivity index (χ1) is 11.7. The SMILES string of the molecule is CN(C)c1ccc([C@H](CNS(=O)(=O)c2ccc(Cl)cc2)[NH+](C)C)cc1. The number of likely N-dealkylation sites (N-methyl/N-ethyl adjacent to an activating group) is 1. The van der Waals surface area contributed by atoms with Crippen LogP contribution in [-0.4, -0.2) is 43.2 Å². The lowest BCUT2D eigenvalue weighted by Crippen LogP contribution is -3.07. The molecule has 0 unspecified atom stereocenters. The van der Waals surface area contributed by atoms with E-state index in [2.05, 4.69) is 4.72 Å². The van der Waals surface area contributed by atoms with Crippen LogP contribution in [0.4, 0.5) is 5.69 Å². The molecule has 5 nitrogen and oxygen atoms in total. The number of nitrogens with one attached hydrogen (secondary N) is 2. The van der Waals surface area contributed by atoms with Gasteiger partial charge in [-0.15, -0.1) is 0 Å². The molecule has 0 radical (unpaired) electrons. The van der Waals surface area contributed by atoms with Crippen LogP contribution in [0, 0.1) is 0 Å². The number of rotatable bonds is 7. The minimum Gasteiger partial charge on any atom is -0.378 e. The molecule has 25 heavy (non-hydrogen) atoms. The van der Waals surface area contributed by atoms with E-state index in [1.54, 1.807) is 12.1 Å². The van der Waals surface area contributed by atoms with E-state index in [1.807, 2.05) is 57.4 Å². The first-order valence-electron chi connectivity index (χ1n) is 8.03. The molecule has 0 saturated carbocycles. The van der Waals surface area contributed by atoms with Gasteiger partial charge in [0.2, 0.25) is 10.0 Å². The van der Waals surface area contributed by atoms with E-state index in [0.717, 1.165) is 16.2 Å². The summed E-state index contributed by atoms with van der Waals surface area (Å²) >= 11 is 5.82. The zero-order chi connectivity index (χ0) is 18.6. The number of anilines is 1. The van der Waals surface area contributed by atoms with Crippen molar-refractivity contribution in [1.29, 1.82) is 0 Å². The van der Waals surface area contributed by atoms with Gasteiger partial charge in [-0.25, -0.2) is 13.1 Å². The molecule has 1 atom stereocenters. The van der Waals surface area contributed by atoms with Crippen LogP contribution in [0.2, 0.25) is 5.02 Å². The number of hydrogen-bond acceptors (Lipinski definition) is 3. The summed E-state index contributed by atoms with van der Waals surface area (Å²) in [6.45, 7) is 0.314. The molecule has 7 heteroatoms. The summed E-state index contributed by atoms with van der Waals surface area (Å²) in [7, 11) is 4.44. The first kappa shape index (κ1) is 19.7. The average Bonchev–Trinajstić information content (AvgIpc) is 2.55. The molecule has 2 rings (SSSR count). The van der Waals surface area contributed by atoms with Crippen molar-refractivity contribution >= 4 is 27.3 Å². The Hall–Kier alpha value is -1.60. The van der Waals surface area contributed by atoms with Crippen molar-refractivity contribution in [2.45, 2.75) is 10.9 Å². The zero-order valence-corrected chi connectivity index (χ0v) is 16.5. The number of benzene rings is 2. The minimum absolute atomic E-state index is 0.0123. The molecule has 136 valence electrons. The molecule has 0 bridgehead atoms. The number of nitrogens with zero attached hydrogens (tertiary/aromatic N) is 1. The van der Waals surface area contributed by atoms with Crippen molar-refractivity contribution in [1.82, 2.24) is 4.72 Å². The molecule has 0 saturated heterocycles. The van der Waals surface area contributed by atoms with E-state index in [9.17, 15) is 8.42 Å². The molecule has 0 aromatic heterocycles. The number of quaternary nitrogens is 1. The highest BCUT2D eigenvalue weighted by Crippen LogP contribution is 2.17. The third kappa shape index (κ3) is 5.19. The Morgan fingerprint density at radius 1 is 1.04 bits per heavy atom. The van der Waals surface area contributed by atoms with Gasteiger partial charge in [0, 0.05) is 30.4 Å². The summed E-state index contributed by atoms with van der Waals surface area (Å²) < 4.78 is 27.7. The summed E-state index contributed by atoms with van der Waals surface area (Å²) in [6, 6.07) is 14.3. The van der Waals surface area contributed by atoms with E-state index < -0.39 is 10.0 Å². The maximum Gasteiger partial charge on any atom is 0.240 e. The van der Waals surface area contributed by atoms with E-state index in [0.29, 0.717) is 11.6 Å². The summed E-state index contributed by atoms with van der Waals surface area (Å²) in [5.41, 5.74) is 2.20. The van der Waals surface area contributed by atoms with Crippen LogP contribution in [0.3, 0.4) is 0 Å².